The molecule has 0 amide bonds. The molecule has 0 radical (unpaired) electrons. The van der Waals surface area contributed by atoms with Crippen LogP contribution in [0.5, 0.6) is 0 Å². The Morgan fingerprint density at radius 2 is 2.00 bits per heavy atom. The molecule has 1 heterocycles. The predicted octanol–water partition coefficient (Wildman–Crippen LogP) is 6.01. The highest BCUT2D eigenvalue weighted by atomic mass is 15.1. The highest BCUT2D eigenvalue weighted by Gasteiger charge is 2.14. The van der Waals surface area contributed by atoms with Gasteiger partial charge in [-0.2, -0.15) is 0 Å². The Hall–Kier alpha value is -2.02. The van der Waals surface area contributed by atoms with Crippen LogP contribution in [-0.2, 0) is 6.42 Å². The van der Waals surface area contributed by atoms with Gasteiger partial charge in [-0.1, -0.05) is 68.5 Å². The van der Waals surface area contributed by atoms with Crippen molar-refractivity contribution >= 4 is 5.57 Å². The van der Waals surface area contributed by atoms with Crippen LogP contribution in [0.4, 0.5) is 0 Å². The maximum absolute atomic E-state index is 3.89. The van der Waals surface area contributed by atoms with Gasteiger partial charge in [-0.3, -0.25) is 0 Å². The van der Waals surface area contributed by atoms with E-state index in [2.05, 4.69) is 87.0 Å². The molecule has 1 nitrogen and oxygen atoms in total. The third-order valence-corrected chi connectivity index (χ3v) is 4.45. The van der Waals surface area contributed by atoms with Crippen molar-refractivity contribution in [1.82, 2.24) is 4.90 Å². The van der Waals surface area contributed by atoms with Crippen molar-refractivity contribution in [2.24, 2.45) is 5.92 Å². The molecule has 1 atom stereocenters. The van der Waals surface area contributed by atoms with Crippen LogP contribution in [0.15, 0.2) is 67.4 Å². The van der Waals surface area contributed by atoms with Crippen LogP contribution >= 0.6 is 0 Å². The highest BCUT2D eigenvalue weighted by molar-refractivity contribution is 5.76. The minimum atomic E-state index is 0.549. The summed E-state index contributed by atoms with van der Waals surface area (Å²) in [5.74, 6) is 0.645. The quantitative estimate of drug-likeness (QED) is 0.530. The van der Waals surface area contributed by atoms with Gasteiger partial charge in [0.2, 0.25) is 0 Å². The average molecular weight is 322 g/mol. The summed E-state index contributed by atoms with van der Waals surface area (Å²) in [6.45, 7) is 11.7. The Labute approximate surface area is 148 Å². The minimum absolute atomic E-state index is 0.549. The molecule has 0 aliphatic carbocycles. The van der Waals surface area contributed by atoms with Crippen molar-refractivity contribution < 1.29 is 0 Å². The second-order valence-corrected chi connectivity index (χ2v) is 6.93. The zero-order valence-corrected chi connectivity index (χ0v) is 15.4. The van der Waals surface area contributed by atoms with Crippen LogP contribution in [-0.4, -0.2) is 17.5 Å². The van der Waals surface area contributed by atoms with E-state index in [4.69, 9.17) is 0 Å². The van der Waals surface area contributed by atoms with Crippen molar-refractivity contribution in [1.29, 1.82) is 0 Å². The van der Waals surface area contributed by atoms with Gasteiger partial charge >= 0.3 is 0 Å². The van der Waals surface area contributed by atoms with Gasteiger partial charge in [0, 0.05) is 18.8 Å². The van der Waals surface area contributed by atoms with Crippen LogP contribution < -0.4 is 0 Å². The molecular weight excluding hydrogens is 290 g/mol. The topological polar surface area (TPSA) is 3.24 Å². The monoisotopic (exact) mass is 321 g/mol. The van der Waals surface area contributed by atoms with Crippen LogP contribution in [0.3, 0.4) is 0 Å². The van der Waals surface area contributed by atoms with Gasteiger partial charge in [-0.25, -0.2) is 0 Å². The molecule has 0 saturated heterocycles. The van der Waals surface area contributed by atoms with E-state index in [0.717, 1.165) is 19.4 Å². The van der Waals surface area contributed by atoms with E-state index in [-0.39, 0.29) is 0 Å². The first-order valence-corrected chi connectivity index (χ1v) is 9.11. The Morgan fingerprint density at radius 1 is 1.21 bits per heavy atom. The molecule has 0 N–H and O–H groups in total. The summed E-state index contributed by atoms with van der Waals surface area (Å²) in [6, 6.07) is 9.19. The molecule has 24 heavy (non-hydrogen) atoms. The van der Waals surface area contributed by atoms with Gasteiger partial charge in [0.15, 0.2) is 0 Å². The smallest absolute Gasteiger partial charge is 0.0360 e. The van der Waals surface area contributed by atoms with E-state index in [1.807, 2.05) is 6.08 Å². The molecule has 1 aromatic rings. The summed E-state index contributed by atoms with van der Waals surface area (Å²) >= 11 is 0. The largest absolute Gasteiger partial charge is 0.370 e. The van der Waals surface area contributed by atoms with Gasteiger partial charge < -0.3 is 4.90 Å². The molecule has 2 rings (SSSR count). The van der Waals surface area contributed by atoms with Gasteiger partial charge in [-0.15, -0.1) is 6.58 Å². The molecule has 0 bridgehead atoms. The fourth-order valence-electron chi connectivity index (χ4n) is 3.05. The molecule has 1 aromatic carbocycles. The van der Waals surface area contributed by atoms with Gasteiger partial charge in [0.05, 0.1) is 0 Å². The molecule has 1 aliphatic rings. The van der Waals surface area contributed by atoms with Crippen LogP contribution in [0, 0.1) is 5.92 Å². The Kier molecular flexibility index (Phi) is 7.11. The number of allylic oxidation sites excluding steroid dienone is 5. The van der Waals surface area contributed by atoms with Crippen molar-refractivity contribution in [3.8, 4) is 0 Å². The van der Waals surface area contributed by atoms with Gasteiger partial charge in [0.1, 0.15) is 0 Å². The Bertz CT molecular complexity index is 619. The third kappa shape index (κ3) is 5.26. The van der Waals surface area contributed by atoms with E-state index in [1.165, 1.54) is 23.1 Å². The van der Waals surface area contributed by atoms with Crippen molar-refractivity contribution in [2.75, 3.05) is 6.54 Å². The summed E-state index contributed by atoms with van der Waals surface area (Å²) in [4.78, 5) is 2.46. The number of nitrogens with zero attached hydrogens (tertiary/aromatic N) is 1. The summed E-state index contributed by atoms with van der Waals surface area (Å²) in [5, 5.41) is 0. The van der Waals surface area contributed by atoms with Crippen LogP contribution in [0.25, 0.3) is 5.57 Å². The maximum Gasteiger partial charge on any atom is 0.0360 e. The fourth-order valence-corrected chi connectivity index (χ4v) is 3.05. The molecule has 0 fully saturated rings. The van der Waals surface area contributed by atoms with E-state index in [9.17, 15) is 0 Å². The Morgan fingerprint density at radius 3 is 2.75 bits per heavy atom. The average Bonchev–Trinajstić information content (AvgIpc) is 2.59. The minimum Gasteiger partial charge on any atom is -0.370 e. The standard InChI is InChI=1S/C23H31N/c1-5-11-21-14-8-9-16-23(21)22-15-10-17-24(18-22)20(4)13-7-6-12-19(2)3/h5-6,8-10,12,14-16,18-20H,1,7,11,13,17H2,2-4H3/b12-6-. The van der Waals surface area contributed by atoms with Crippen LogP contribution in [0.2, 0.25) is 0 Å². The zero-order valence-electron chi connectivity index (χ0n) is 15.4. The number of hydrogen-bond acceptors (Lipinski definition) is 1. The number of benzene rings is 1. The lowest BCUT2D eigenvalue weighted by Crippen LogP contribution is -2.29. The second kappa shape index (κ2) is 9.32. The first-order chi connectivity index (χ1) is 11.6. The fraction of sp³-hybridized carbons (Fsp3) is 0.391. The molecule has 0 spiro atoms. The maximum atomic E-state index is 3.89. The lowest BCUT2D eigenvalue weighted by atomic mass is 9.96. The van der Waals surface area contributed by atoms with E-state index < -0.39 is 0 Å². The first-order valence-electron chi connectivity index (χ1n) is 9.11. The lowest BCUT2D eigenvalue weighted by molar-refractivity contribution is 0.306. The van der Waals surface area contributed by atoms with Gasteiger partial charge in [-0.05, 0) is 48.8 Å². The summed E-state index contributed by atoms with van der Waals surface area (Å²) in [7, 11) is 0. The molecule has 1 heteroatoms. The lowest BCUT2D eigenvalue weighted by Gasteiger charge is -2.30. The highest BCUT2D eigenvalue weighted by Crippen LogP contribution is 2.25. The summed E-state index contributed by atoms with van der Waals surface area (Å²) in [5.41, 5.74) is 3.98. The second-order valence-electron chi connectivity index (χ2n) is 6.93. The third-order valence-electron chi connectivity index (χ3n) is 4.45. The molecule has 1 aliphatic heterocycles. The predicted molar refractivity (Wildman–Crippen MR) is 107 cm³/mol. The Balaban J connectivity index is 2.07. The molecule has 128 valence electrons. The van der Waals surface area contributed by atoms with Crippen LogP contribution in [0.1, 0.15) is 44.7 Å². The summed E-state index contributed by atoms with van der Waals surface area (Å²) in [6.07, 6.45) is 16.7. The van der Waals surface area contributed by atoms with Crippen molar-refractivity contribution in [2.45, 2.75) is 46.1 Å². The van der Waals surface area contributed by atoms with Gasteiger partial charge in [0.25, 0.3) is 0 Å². The number of rotatable bonds is 8. The molecule has 1 unspecified atom stereocenters. The van der Waals surface area contributed by atoms with Crippen molar-refractivity contribution in [3.63, 3.8) is 0 Å². The number of hydrogen-bond donors (Lipinski definition) is 0. The summed E-state index contributed by atoms with van der Waals surface area (Å²) < 4.78 is 0. The molecule has 0 saturated carbocycles. The molecule has 0 aromatic heterocycles. The van der Waals surface area contributed by atoms with E-state index in [0.29, 0.717) is 12.0 Å². The van der Waals surface area contributed by atoms with Crippen molar-refractivity contribution in [3.05, 3.63) is 78.6 Å². The molecular formula is C23H31N. The first kappa shape index (κ1) is 18.3. The zero-order chi connectivity index (χ0) is 17.4. The normalized spacial score (nSPS) is 15.8. The van der Waals surface area contributed by atoms with E-state index >= 15 is 0 Å². The van der Waals surface area contributed by atoms with E-state index in [1.54, 1.807) is 0 Å². The SMILES string of the molecule is C=CCc1ccccc1C1=CN(C(C)CC/C=C\C(C)C)CC=C1.